The SMILES string of the molecule is C[C@]12CC[C@H]3[C@@H](CC[C@H](CCF)[C@@H]3CCCO)[C@@H]1CC[C@@H]2C(=O)CN1CCN(S(C)(=O)=O)CC1. The van der Waals surface area contributed by atoms with Crippen LogP contribution in [-0.2, 0) is 14.8 Å². The van der Waals surface area contributed by atoms with E-state index in [1.54, 1.807) is 0 Å². The van der Waals surface area contributed by atoms with Crippen molar-refractivity contribution in [3.8, 4) is 0 Å². The maximum atomic E-state index is 13.5. The van der Waals surface area contributed by atoms with Crippen LogP contribution >= 0.6 is 0 Å². The predicted octanol–water partition coefficient (Wildman–Crippen LogP) is 3.35. The van der Waals surface area contributed by atoms with Gasteiger partial charge < -0.3 is 5.11 Å². The van der Waals surface area contributed by atoms with Crippen LogP contribution in [0, 0.1) is 40.9 Å². The van der Waals surface area contributed by atoms with Crippen molar-refractivity contribution in [3.63, 3.8) is 0 Å². The summed E-state index contributed by atoms with van der Waals surface area (Å²) in [5.41, 5.74) is 0.0568. The maximum Gasteiger partial charge on any atom is 0.211 e. The first-order valence-corrected chi connectivity index (χ1v) is 15.4. The number of aliphatic hydroxyl groups is 1. The quantitative estimate of drug-likeness (QED) is 0.525. The highest BCUT2D eigenvalue weighted by atomic mass is 32.2. The lowest BCUT2D eigenvalue weighted by atomic mass is 9.50. The van der Waals surface area contributed by atoms with Crippen molar-refractivity contribution in [1.82, 2.24) is 9.21 Å². The number of carbonyl (C=O) groups excluding carboxylic acids is 1. The van der Waals surface area contributed by atoms with E-state index < -0.39 is 10.0 Å². The van der Waals surface area contributed by atoms with Crippen molar-refractivity contribution in [1.29, 1.82) is 0 Å². The van der Waals surface area contributed by atoms with E-state index in [4.69, 9.17) is 0 Å². The van der Waals surface area contributed by atoms with E-state index in [1.807, 2.05) is 0 Å². The average Bonchev–Trinajstić information content (AvgIpc) is 3.15. The van der Waals surface area contributed by atoms with Crippen LogP contribution in [0.25, 0.3) is 0 Å². The molecule has 1 saturated heterocycles. The third-order valence-corrected chi connectivity index (χ3v) is 11.6. The molecular formula is C26H45FN2O4S. The highest BCUT2D eigenvalue weighted by Crippen LogP contribution is 2.63. The Kier molecular flexibility index (Phi) is 8.43. The zero-order valence-electron chi connectivity index (χ0n) is 21.1. The average molecular weight is 501 g/mol. The van der Waals surface area contributed by atoms with Gasteiger partial charge in [-0.3, -0.25) is 14.1 Å². The van der Waals surface area contributed by atoms with Gasteiger partial charge in [0.1, 0.15) is 5.78 Å². The van der Waals surface area contributed by atoms with Gasteiger partial charge in [-0.05, 0) is 92.8 Å². The fourth-order valence-corrected chi connectivity index (χ4v) is 9.41. The van der Waals surface area contributed by atoms with E-state index in [0.717, 1.165) is 44.9 Å². The molecule has 0 amide bonds. The van der Waals surface area contributed by atoms with Gasteiger partial charge in [-0.1, -0.05) is 6.92 Å². The van der Waals surface area contributed by atoms with E-state index >= 15 is 0 Å². The van der Waals surface area contributed by atoms with Gasteiger partial charge >= 0.3 is 0 Å². The van der Waals surface area contributed by atoms with Crippen LogP contribution in [0.1, 0.15) is 64.7 Å². The summed E-state index contributed by atoms with van der Waals surface area (Å²) >= 11 is 0. The normalized spacial score (nSPS) is 39.5. The molecule has 0 radical (unpaired) electrons. The summed E-state index contributed by atoms with van der Waals surface area (Å²) in [4.78, 5) is 15.7. The second kappa shape index (κ2) is 10.8. The first kappa shape index (κ1) is 26.5. The second-order valence-corrected chi connectivity index (χ2v) is 13.8. The molecular weight excluding hydrogens is 455 g/mol. The molecule has 1 aliphatic heterocycles. The maximum absolute atomic E-state index is 13.5. The number of hydrogen-bond donors (Lipinski definition) is 1. The Labute approximate surface area is 205 Å². The Hall–Kier alpha value is -0.570. The number of nitrogens with zero attached hydrogens (tertiary/aromatic N) is 2. The number of carbonyl (C=O) groups is 1. The molecule has 1 N–H and O–H groups in total. The topological polar surface area (TPSA) is 77.9 Å². The fourth-order valence-electron chi connectivity index (χ4n) is 8.59. The van der Waals surface area contributed by atoms with Crippen molar-refractivity contribution >= 4 is 15.8 Å². The predicted molar refractivity (Wildman–Crippen MR) is 132 cm³/mol. The van der Waals surface area contributed by atoms with Crippen molar-refractivity contribution < 1.29 is 22.7 Å². The standard InChI is InChI=1S/C26H45FN2O4S/c1-26-11-9-21-20(4-3-17-30)19(10-12-27)5-6-22(21)23(26)7-8-24(26)25(31)18-28-13-15-29(16-14-28)34(2,32)33/h19-24,30H,3-18H2,1-2H3/t19-,20+,21-,22-,23+,24-,26+/m1/s1. The summed E-state index contributed by atoms with van der Waals surface area (Å²) in [6.45, 7) is 4.96. The Morgan fingerprint density at radius 1 is 1.03 bits per heavy atom. The smallest absolute Gasteiger partial charge is 0.211 e. The van der Waals surface area contributed by atoms with E-state index in [2.05, 4.69) is 11.8 Å². The summed E-state index contributed by atoms with van der Waals surface area (Å²) in [7, 11) is -3.16. The number of hydrogen-bond acceptors (Lipinski definition) is 5. The number of halogens is 1. The van der Waals surface area contributed by atoms with Gasteiger partial charge in [0.25, 0.3) is 0 Å². The summed E-state index contributed by atoms with van der Waals surface area (Å²) in [6.07, 6.45) is 10.3. The second-order valence-electron chi connectivity index (χ2n) is 11.9. The molecule has 1 heterocycles. The molecule has 0 aromatic rings. The number of fused-ring (bicyclic) bond motifs is 3. The van der Waals surface area contributed by atoms with Crippen molar-refractivity contribution in [2.24, 2.45) is 40.9 Å². The minimum Gasteiger partial charge on any atom is -0.396 e. The summed E-state index contributed by atoms with van der Waals surface area (Å²) in [6, 6.07) is 0. The van der Waals surface area contributed by atoms with E-state index in [9.17, 15) is 22.7 Å². The van der Waals surface area contributed by atoms with Crippen LogP contribution in [-0.4, -0.2) is 80.8 Å². The number of Topliss-reactive ketones (excluding diaryl/α,β-unsaturated/α-hetero) is 1. The summed E-state index contributed by atoms with van der Waals surface area (Å²) < 4.78 is 38.3. The minimum atomic E-state index is -3.16. The van der Waals surface area contributed by atoms with Crippen LogP contribution in [0.5, 0.6) is 0 Å². The summed E-state index contributed by atoms with van der Waals surface area (Å²) in [5.74, 6) is 3.25. The van der Waals surface area contributed by atoms with Gasteiger partial charge in [-0.25, -0.2) is 8.42 Å². The number of sulfonamides is 1. The molecule has 196 valence electrons. The molecule has 34 heavy (non-hydrogen) atoms. The lowest BCUT2D eigenvalue weighted by molar-refractivity contribution is -0.131. The van der Waals surface area contributed by atoms with Gasteiger partial charge in [0.15, 0.2) is 0 Å². The van der Waals surface area contributed by atoms with Crippen LogP contribution in [0.3, 0.4) is 0 Å². The molecule has 4 fully saturated rings. The Balaban J connectivity index is 1.40. The van der Waals surface area contributed by atoms with Crippen molar-refractivity contribution in [2.45, 2.75) is 64.7 Å². The molecule has 7 atom stereocenters. The van der Waals surface area contributed by atoms with Gasteiger partial charge in [0, 0.05) is 38.7 Å². The third-order valence-electron chi connectivity index (χ3n) is 10.3. The van der Waals surface area contributed by atoms with Crippen LogP contribution < -0.4 is 0 Å². The Morgan fingerprint density at radius 3 is 2.41 bits per heavy atom. The lowest BCUT2D eigenvalue weighted by Gasteiger charge is -2.54. The van der Waals surface area contributed by atoms with Gasteiger partial charge in [0.2, 0.25) is 10.0 Å². The molecule has 3 aliphatic carbocycles. The number of piperazine rings is 1. The fraction of sp³-hybridized carbons (Fsp3) is 0.962. The van der Waals surface area contributed by atoms with Crippen molar-refractivity contribution in [3.05, 3.63) is 0 Å². The Morgan fingerprint density at radius 2 is 1.76 bits per heavy atom. The largest absolute Gasteiger partial charge is 0.396 e. The monoisotopic (exact) mass is 500 g/mol. The molecule has 4 rings (SSSR count). The first-order valence-electron chi connectivity index (χ1n) is 13.6. The summed E-state index contributed by atoms with van der Waals surface area (Å²) in [5, 5.41) is 9.44. The Bertz CT molecular complexity index is 816. The number of ketones is 1. The molecule has 3 saturated carbocycles. The van der Waals surface area contributed by atoms with Crippen LogP contribution in [0.15, 0.2) is 0 Å². The zero-order valence-corrected chi connectivity index (χ0v) is 21.9. The van der Waals surface area contributed by atoms with Gasteiger partial charge in [0.05, 0.1) is 19.5 Å². The van der Waals surface area contributed by atoms with Crippen molar-refractivity contribution in [2.75, 3.05) is 52.3 Å². The molecule has 0 bridgehead atoms. The van der Waals surface area contributed by atoms with E-state index in [0.29, 0.717) is 74.5 Å². The molecule has 0 aromatic heterocycles. The zero-order chi connectivity index (χ0) is 24.5. The molecule has 4 aliphatic rings. The molecule has 0 unspecified atom stereocenters. The van der Waals surface area contributed by atoms with E-state index in [1.165, 1.54) is 17.0 Å². The van der Waals surface area contributed by atoms with Gasteiger partial charge in [-0.15, -0.1) is 0 Å². The molecule has 0 spiro atoms. The number of aliphatic hydroxyl groups excluding tert-OH is 1. The van der Waals surface area contributed by atoms with Crippen LogP contribution in [0.2, 0.25) is 0 Å². The highest BCUT2D eigenvalue weighted by molar-refractivity contribution is 7.88. The van der Waals surface area contributed by atoms with Gasteiger partial charge in [-0.2, -0.15) is 4.31 Å². The lowest BCUT2D eigenvalue weighted by Crippen LogP contribution is -2.52. The van der Waals surface area contributed by atoms with E-state index in [-0.39, 0.29) is 24.6 Å². The molecule has 0 aromatic carbocycles. The minimum absolute atomic E-state index is 0.0568. The molecule has 8 heteroatoms. The first-order chi connectivity index (χ1) is 16.2. The molecule has 6 nitrogen and oxygen atoms in total. The number of rotatable bonds is 9. The number of alkyl halides is 1. The highest BCUT2D eigenvalue weighted by Gasteiger charge is 2.57. The third kappa shape index (κ3) is 5.25. The van der Waals surface area contributed by atoms with Crippen LogP contribution in [0.4, 0.5) is 4.39 Å².